The third kappa shape index (κ3) is 4.65. The van der Waals surface area contributed by atoms with Crippen molar-refractivity contribution >= 4 is 11.9 Å². The number of nitrogens with zero attached hydrogens (tertiary/aromatic N) is 1. The lowest BCUT2D eigenvalue weighted by Crippen LogP contribution is -2.34. The summed E-state index contributed by atoms with van der Waals surface area (Å²) in [6, 6.07) is 15.7. The fourth-order valence-electron chi connectivity index (χ4n) is 2.61. The molecule has 6 nitrogen and oxygen atoms in total. The Bertz CT molecular complexity index is 733. The lowest BCUT2D eigenvalue weighted by molar-refractivity contribution is -0.147. The average Bonchev–Trinajstić information content (AvgIpc) is 2.75. The molecule has 0 fully saturated rings. The quantitative estimate of drug-likeness (QED) is 0.767. The van der Waals surface area contributed by atoms with Crippen molar-refractivity contribution in [2.75, 3.05) is 13.6 Å². The van der Waals surface area contributed by atoms with Crippen LogP contribution >= 0.6 is 0 Å². The van der Waals surface area contributed by atoms with Crippen LogP contribution in [0.25, 0.3) is 0 Å². The summed E-state index contributed by atoms with van der Waals surface area (Å²) in [5, 5.41) is 17.4. The molecule has 0 saturated carbocycles. The van der Waals surface area contributed by atoms with Crippen LogP contribution in [0.2, 0.25) is 0 Å². The Morgan fingerprint density at radius 2 is 1.76 bits per heavy atom. The van der Waals surface area contributed by atoms with Crippen molar-refractivity contribution in [2.45, 2.75) is 18.6 Å². The summed E-state index contributed by atoms with van der Waals surface area (Å²) in [6.07, 6.45) is -0.511. The largest absolute Gasteiger partial charge is 0.479 e. The maximum Gasteiger partial charge on any atom is 0.337 e. The van der Waals surface area contributed by atoms with Gasteiger partial charge in [0, 0.05) is 13.6 Å². The summed E-state index contributed by atoms with van der Waals surface area (Å²) >= 11 is 0. The number of amides is 1. The first-order valence-corrected chi connectivity index (χ1v) is 7.96. The minimum absolute atomic E-state index is 0.00921. The van der Waals surface area contributed by atoms with E-state index >= 15 is 0 Å². The molecule has 1 heterocycles. The maximum atomic E-state index is 11.7. The molecule has 0 spiro atoms. The summed E-state index contributed by atoms with van der Waals surface area (Å²) in [5.41, 5.74) is 8.46. The summed E-state index contributed by atoms with van der Waals surface area (Å²) in [7, 11) is 1.80. The van der Waals surface area contributed by atoms with E-state index in [0.717, 1.165) is 18.5 Å². The van der Waals surface area contributed by atoms with Crippen LogP contribution in [0.15, 0.2) is 54.6 Å². The molecule has 0 aliphatic carbocycles. The van der Waals surface area contributed by atoms with Gasteiger partial charge in [-0.05, 0) is 23.1 Å². The highest BCUT2D eigenvalue weighted by molar-refractivity contribution is 5.83. The standard InChI is InChI=1S/C11H14N2O.C8H8O3/c1-13-7-6-8-4-2-3-5-9(8)10(12)11(13)14;9-7(8(10)11)6-4-2-1-3-5-6/h2-5,10H,6-7,12H2,1H3;1-5,7,9H,(H,10,11)/t10-;7-/m01/s1. The van der Waals surface area contributed by atoms with Gasteiger partial charge in [0.1, 0.15) is 6.04 Å². The van der Waals surface area contributed by atoms with Crippen LogP contribution in [-0.4, -0.2) is 40.6 Å². The monoisotopic (exact) mass is 342 g/mol. The van der Waals surface area contributed by atoms with Gasteiger partial charge >= 0.3 is 5.97 Å². The maximum absolute atomic E-state index is 11.7. The second-order valence-electron chi connectivity index (χ2n) is 5.84. The van der Waals surface area contributed by atoms with E-state index in [-0.39, 0.29) is 5.91 Å². The average molecular weight is 342 g/mol. The third-order valence-corrected chi connectivity index (χ3v) is 4.10. The summed E-state index contributed by atoms with van der Waals surface area (Å²) < 4.78 is 0. The number of aliphatic hydroxyl groups excluding tert-OH is 1. The van der Waals surface area contributed by atoms with Gasteiger partial charge in [0.15, 0.2) is 6.10 Å². The highest BCUT2D eigenvalue weighted by atomic mass is 16.4. The van der Waals surface area contributed by atoms with Crippen LogP contribution in [0, 0.1) is 0 Å². The van der Waals surface area contributed by atoms with Crippen LogP contribution in [0.5, 0.6) is 0 Å². The molecular formula is C19H22N2O4. The zero-order valence-corrected chi connectivity index (χ0v) is 14.0. The molecule has 0 unspecified atom stereocenters. The molecule has 3 rings (SSSR count). The van der Waals surface area contributed by atoms with Gasteiger partial charge in [0.25, 0.3) is 0 Å². The molecule has 0 radical (unpaired) electrons. The number of fused-ring (bicyclic) bond motifs is 1. The van der Waals surface area contributed by atoms with E-state index in [9.17, 15) is 9.59 Å². The molecule has 1 amide bonds. The SMILES string of the molecule is CN1CCc2ccccc2[C@H](N)C1=O.O=C(O)[C@H](O)c1ccccc1. The van der Waals surface area contributed by atoms with E-state index in [0.29, 0.717) is 5.56 Å². The van der Waals surface area contributed by atoms with Gasteiger partial charge in [-0.25, -0.2) is 4.79 Å². The van der Waals surface area contributed by atoms with Crippen molar-refractivity contribution in [1.29, 1.82) is 0 Å². The smallest absolute Gasteiger partial charge is 0.337 e. The van der Waals surface area contributed by atoms with Crippen LogP contribution < -0.4 is 5.73 Å². The third-order valence-electron chi connectivity index (χ3n) is 4.10. The number of carbonyl (C=O) groups is 2. The normalized spacial score (nSPS) is 17.6. The minimum atomic E-state index is -1.41. The van der Waals surface area contributed by atoms with Gasteiger partial charge in [-0.15, -0.1) is 0 Å². The molecule has 4 N–H and O–H groups in total. The predicted molar refractivity (Wildman–Crippen MR) is 93.7 cm³/mol. The van der Waals surface area contributed by atoms with E-state index in [1.165, 1.54) is 5.56 Å². The molecule has 1 aliphatic heterocycles. The molecule has 1 aliphatic rings. The highest BCUT2D eigenvalue weighted by Crippen LogP contribution is 2.21. The molecule has 2 aromatic rings. The lowest BCUT2D eigenvalue weighted by Gasteiger charge is -2.16. The number of rotatable bonds is 2. The van der Waals surface area contributed by atoms with Crippen molar-refractivity contribution in [3.8, 4) is 0 Å². The zero-order chi connectivity index (χ0) is 18.4. The van der Waals surface area contributed by atoms with E-state index in [1.54, 1.807) is 42.3 Å². The number of hydrogen-bond acceptors (Lipinski definition) is 4. The molecular weight excluding hydrogens is 320 g/mol. The number of aliphatic hydroxyl groups is 1. The van der Waals surface area contributed by atoms with Crippen LogP contribution in [-0.2, 0) is 16.0 Å². The zero-order valence-electron chi connectivity index (χ0n) is 14.0. The van der Waals surface area contributed by atoms with Gasteiger partial charge in [-0.3, -0.25) is 4.79 Å². The lowest BCUT2D eigenvalue weighted by atomic mass is 10.00. The van der Waals surface area contributed by atoms with Gasteiger partial charge in [0.05, 0.1) is 0 Å². The molecule has 2 aromatic carbocycles. The second kappa shape index (κ2) is 8.41. The van der Waals surface area contributed by atoms with E-state index in [2.05, 4.69) is 0 Å². The Balaban J connectivity index is 0.000000186. The predicted octanol–water partition coefficient (Wildman–Crippen LogP) is 1.51. The first-order chi connectivity index (χ1) is 11.9. The molecule has 0 bridgehead atoms. The Morgan fingerprint density at radius 1 is 1.16 bits per heavy atom. The first-order valence-electron chi connectivity index (χ1n) is 7.96. The number of nitrogens with two attached hydrogens (primary N) is 1. The Kier molecular flexibility index (Phi) is 6.27. The van der Waals surface area contributed by atoms with Crippen molar-refractivity contribution in [1.82, 2.24) is 4.90 Å². The number of carboxylic acids is 1. The van der Waals surface area contributed by atoms with Gasteiger partial charge in [0.2, 0.25) is 5.91 Å². The van der Waals surface area contributed by atoms with Crippen molar-refractivity contribution in [2.24, 2.45) is 5.73 Å². The molecule has 2 atom stereocenters. The van der Waals surface area contributed by atoms with Gasteiger partial charge in [-0.1, -0.05) is 54.6 Å². The molecule has 0 aromatic heterocycles. The van der Waals surface area contributed by atoms with Crippen LogP contribution in [0.4, 0.5) is 0 Å². The molecule has 25 heavy (non-hydrogen) atoms. The Morgan fingerprint density at radius 3 is 2.40 bits per heavy atom. The number of likely N-dealkylation sites (N-methyl/N-ethyl adjacent to an activating group) is 1. The van der Waals surface area contributed by atoms with E-state index < -0.39 is 18.1 Å². The fraction of sp³-hybridized carbons (Fsp3) is 0.263. The highest BCUT2D eigenvalue weighted by Gasteiger charge is 2.25. The van der Waals surface area contributed by atoms with Crippen LogP contribution in [0.3, 0.4) is 0 Å². The van der Waals surface area contributed by atoms with Gasteiger partial charge < -0.3 is 20.8 Å². The minimum Gasteiger partial charge on any atom is -0.479 e. The Labute approximate surface area is 146 Å². The molecule has 132 valence electrons. The first kappa shape index (κ1) is 18.6. The summed E-state index contributed by atoms with van der Waals surface area (Å²) in [6.45, 7) is 0.754. The van der Waals surface area contributed by atoms with Gasteiger partial charge in [-0.2, -0.15) is 0 Å². The second-order valence-corrected chi connectivity index (χ2v) is 5.84. The summed E-state index contributed by atoms with van der Waals surface area (Å²) in [5.74, 6) is -1.22. The molecule has 0 saturated heterocycles. The van der Waals surface area contributed by atoms with Crippen LogP contribution in [0.1, 0.15) is 28.8 Å². The van der Waals surface area contributed by atoms with Crippen molar-refractivity contribution in [3.63, 3.8) is 0 Å². The number of hydrogen-bond donors (Lipinski definition) is 3. The number of carboxylic acid groups (broad SMARTS) is 1. The number of carbonyl (C=O) groups excluding carboxylic acids is 1. The molecule has 6 heteroatoms. The van der Waals surface area contributed by atoms with Crippen molar-refractivity contribution < 1.29 is 19.8 Å². The Hall–Kier alpha value is -2.70. The number of aliphatic carboxylic acids is 1. The summed E-state index contributed by atoms with van der Waals surface area (Å²) in [4.78, 5) is 23.7. The fourth-order valence-corrected chi connectivity index (χ4v) is 2.61. The van der Waals surface area contributed by atoms with E-state index in [4.69, 9.17) is 15.9 Å². The topological polar surface area (TPSA) is 104 Å². The van der Waals surface area contributed by atoms with E-state index in [1.807, 2.05) is 24.3 Å². The number of benzene rings is 2. The van der Waals surface area contributed by atoms with Crippen molar-refractivity contribution in [3.05, 3.63) is 71.3 Å².